The molecule has 8 rings (SSSR count). The van der Waals surface area contributed by atoms with E-state index in [9.17, 15) is 0 Å². The van der Waals surface area contributed by atoms with Crippen LogP contribution in [-0.2, 0) is 0 Å². The first-order chi connectivity index (χ1) is 26.1. The van der Waals surface area contributed by atoms with Gasteiger partial charge in [-0.2, -0.15) is 0 Å². The SMILES string of the molecule is CC(C)c1ccc(/C(=C\c2ccc(N(c3ccccc3)c3ccccc3)cc2)c2ccc3cc(N(c4ccccc4)c4ccccc4)ccc3c2)cc1. The molecule has 0 bridgehead atoms. The Morgan fingerprint density at radius 2 is 0.774 bits per heavy atom. The molecule has 8 aromatic rings. The van der Waals surface area contributed by atoms with Gasteiger partial charge in [0.05, 0.1) is 0 Å². The summed E-state index contributed by atoms with van der Waals surface area (Å²) in [5, 5.41) is 2.40. The third-order valence-electron chi connectivity index (χ3n) is 9.80. The van der Waals surface area contributed by atoms with Crippen molar-refractivity contribution in [1.82, 2.24) is 0 Å². The predicted octanol–water partition coefficient (Wildman–Crippen LogP) is 14.5. The summed E-state index contributed by atoms with van der Waals surface area (Å²) in [5.41, 5.74) is 12.8. The van der Waals surface area contributed by atoms with Crippen molar-refractivity contribution in [2.75, 3.05) is 9.80 Å². The van der Waals surface area contributed by atoms with Gasteiger partial charge in [0.1, 0.15) is 0 Å². The Kier molecular flexibility index (Phi) is 9.68. The van der Waals surface area contributed by atoms with Gasteiger partial charge in [0.2, 0.25) is 0 Å². The number of fused-ring (bicyclic) bond motifs is 1. The van der Waals surface area contributed by atoms with E-state index in [0.29, 0.717) is 5.92 Å². The second-order valence-electron chi connectivity index (χ2n) is 13.7. The zero-order valence-electron chi connectivity index (χ0n) is 30.2. The molecule has 0 heterocycles. The van der Waals surface area contributed by atoms with Crippen LogP contribution in [-0.4, -0.2) is 0 Å². The highest BCUT2D eigenvalue weighted by Crippen LogP contribution is 2.38. The van der Waals surface area contributed by atoms with Crippen LogP contribution in [0.3, 0.4) is 0 Å². The molecule has 0 fully saturated rings. The number of hydrogen-bond donors (Lipinski definition) is 0. The Morgan fingerprint density at radius 3 is 1.26 bits per heavy atom. The second kappa shape index (κ2) is 15.3. The molecule has 0 atom stereocenters. The molecule has 0 N–H and O–H groups in total. The Balaban J connectivity index is 1.18. The van der Waals surface area contributed by atoms with Crippen molar-refractivity contribution in [1.29, 1.82) is 0 Å². The summed E-state index contributed by atoms with van der Waals surface area (Å²) in [6.45, 7) is 4.49. The van der Waals surface area contributed by atoms with Gasteiger partial charge < -0.3 is 9.80 Å². The quantitative estimate of drug-likeness (QED) is 0.133. The zero-order chi connectivity index (χ0) is 36.0. The molecule has 0 amide bonds. The number of anilines is 6. The molecule has 8 aromatic carbocycles. The van der Waals surface area contributed by atoms with Crippen molar-refractivity contribution in [3.05, 3.63) is 229 Å². The number of para-hydroxylation sites is 4. The van der Waals surface area contributed by atoms with Crippen LogP contribution in [0.25, 0.3) is 22.4 Å². The van der Waals surface area contributed by atoms with Crippen molar-refractivity contribution < 1.29 is 0 Å². The van der Waals surface area contributed by atoms with E-state index < -0.39 is 0 Å². The van der Waals surface area contributed by atoms with Crippen LogP contribution in [0.15, 0.2) is 206 Å². The molecule has 2 nitrogen and oxygen atoms in total. The van der Waals surface area contributed by atoms with E-state index in [-0.39, 0.29) is 0 Å². The van der Waals surface area contributed by atoms with Gasteiger partial charge in [-0.3, -0.25) is 0 Å². The van der Waals surface area contributed by atoms with Gasteiger partial charge in [0, 0.05) is 34.1 Å². The summed E-state index contributed by atoms with van der Waals surface area (Å²) in [5.74, 6) is 0.474. The molecular weight excluding hydrogens is 641 g/mol. The van der Waals surface area contributed by atoms with Crippen molar-refractivity contribution in [3.63, 3.8) is 0 Å². The van der Waals surface area contributed by atoms with E-state index in [2.05, 4.69) is 236 Å². The molecule has 0 spiro atoms. The Labute approximate surface area is 313 Å². The fraction of sp³-hybridized carbons (Fsp3) is 0.0588. The highest BCUT2D eigenvalue weighted by Gasteiger charge is 2.15. The van der Waals surface area contributed by atoms with Gasteiger partial charge in [0.15, 0.2) is 0 Å². The molecule has 0 aliphatic carbocycles. The van der Waals surface area contributed by atoms with Crippen LogP contribution in [0.2, 0.25) is 0 Å². The monoisotopic (exact) mass is 682 g/mol. The minimum Gasteiger partial charge on any atom is -0.311 e. The van der Waals surface area contributed by atoms with E-state index in [1.807, 2.05) is 0 Å². The highest BCUT2D eigenvalue weighted by molar-refractivity contribution is 5.97. The van der Waals surface area contributed by atoms with Crippen LogP contribution >= 0.6 is 0 Å². The molecule has 256 valence electrons. The van der Waals surface area contributed by atoms with Gasteiger partial charge in [-0.15, -0.1) is 0 Å². The molecule has 0 aliphatic rings. The fourth-order valence-corrected chi connectivity index (χ4v) is 7.01. The van der Waals surface area contributed by atoms with E-state index in [4.69, 9.17) is 0 Å². The van der Waals surface area contributed by atoms with Crippen molar-refractivity contribution in [2.45, 2.75) is 19.8 Å². The van der Waals surface area contributed by atoms with E-state index in [1.165, 1.54) is 33.0 Å². The van der Waals surface area contributed by atoms with Crippen LogP contribution in [0.1, 0.15) is 42.0 Å². The third kappa shape index (κ3) is 7.40. The van der Waals surface area contributed by atoms with Gasteiger partial charge in [-0.25, -0.2) is 0 Å². The van der Waals surface area contributed by atoms with Gasteiger partial charge in [-0.1, -0.05) is 141 Å². The topological polar surface area (TPSA) is 6.48 Å². The van der Waals surface area contributed by atoms with Gasteiger partial charge in [-0.05, 0) is 129 Å². The Bertz CT molecular complexity index is 2360. The van der Waals surface area contributed by atoms with Gasteiger partial charge in [0.25, 0.3) is 0 Å². The largest absolute Gasteiger partial charge is 0.311 e. The summed E-state index contributed by atoms with van der Waals surface area (Å²) in [7, 11) is 0. The first kappa shape index (κ1) is 33.5. The molecule has 0 saturated carbocycles. The maximum Gasteiger partial charge on any atom is 0.0468 e. The van der Waals surface area contributed by atoms with E-state index >= 15 is 0 Å². The third-order valence-corrected chi connectivity index (χ3v) is 9.80. The Hall–Kier alpha value is -6.64. The van der Waals surface area contributed by atoms with Crippen molar-refractivity contribution >= 4 is 56.5 Å². The second-order valence-corrected chi connectivity index (χ2v) is 13.7. The van der Waals surface area contributed by atoms with Crippen molar-refractivity contribution in [3.8, 4) is 0 Å². The maximum atomic E-state index is 2.33. The van der Waals surface area contributed by atoms with Crippen molar-refractivity contribution in [2.24, 2.45) is 0 Å². The number of hydrogen-bond acceptors (Lipinski definition) is 2. The molecule has 0 aromatic heterocycles. The predicted molar refractivity (Wildman–Crippen MR) is 227 cm³/mol. The van der Waals surface area contributed by atoms with Crippen LogP contribution in [0.4, 0.5) is 34.1 Å². The minimum absolute atomic E-state index is 0.474. The summed E-state index contributed by atoms with van der Waals surface area (Å²) < 4.78 is 0. The molecule has 0 radical (unpaired) electrons. The normalized spacial score (nSPS) is 11.5. The van der Waals surface area contributed by atoms with E-state index in [1.54, 1.807) is 0 Å². The van der Waals surface area contributed by atoms with Crippen LogP contribution in [0, 0.1) is 0 Å². The maximum absolute atomic E-state index is 2.33. The molecule has 2 heteroatoms. The lowest BCUT2D eigenvalue weighted by Crippen LogP contribution is -2.09. The summed E-state index contributed by atoms with van der Waals surface area (Å²) in [6, 6.07) is 73.9. The average Bonchev–Trinajstić information content (AvgIpc) is 3.22. The first-order valence-corrected chi connectivity index (χ1v) is 18.4. The first-order valence-electron chi connectivity index (χ1n) is 18.4. The minimum atomic E-state index is 0.474. The molecule has 0 saturated heterocycles. The van der Waals surface area contributed by atoms with Crippen LogP contribution in [0.5, 0.6) is 0 Å². The molecule has 0 unspecified atom stereocenters. The lowest BCUT2D eigenvalue weighted by Gasteiger charge is -2.25. The lowest BCUT2D eigenvalue weighted by atomic mass is 9.92. The summed E-state index contributed by atoms with van der Waals surface area (Å²) >= 11 is 0. The van der Waals surface area contributed by atoms with Crippen LogP contribution < -0.4 is 9.80 Å². The summed E-state index contributed by atoms with van der Waals surface area (Å²) in [4.78, 5) is 4.61. The standard InChI is InChI=1S/C51H42N2/c1-38(2)40-25-27-41(28-26-40)51(35-39-23-32-49(33-24-39)52(45-15-7-3-8-16-45)46-17-9-4-10-18-46)44-30-29-43-37-50(34-31-42(43)36-44)53(47-19-11-5-12-20-47)48-21-13-6-14-22-48/h3-38H,1-2H3/b51-35+. The Morgan fingerprint density at radius 1 is 0.377 bits per heavy atom. The summed E-state index contributed by atoms with van der Waals surface area (Å²) in [6.07, 6.45) is 2.33. The fourth-order valence-electron chi connectivity index (χ4n) is 7.01. The number of nitrogens with zero attached hydrogens (tertiary/aromatic N) is 2. The number of rotatable bonds is 10. The smallest absolute Gasteiger partial charge is 0.0468 e. The van der Waals surface area contributed by atoms with E-state index in [0.717, 1.165) is 39.7 Å². The lowest BCUT2D eigenvalue weighted by molar-refractivity contribution is 0.866. The molecular formula is C51H42N2. The average molecular weight is 683 g/mol. The molecule has 53 heavy (non-hydrogen) atoms. The van der Waals surface area contributed by atoms with Gasteiger partial charge >= 0.3 is 0 Å². The number of benzene rings is 8. The highest BCUT2D eigenvalue weighted by atomic mass is 15.1. The molecule has 0 aliphatic heterocycles. The zero-order valence-corrected chi connectivity index (χ0v) is 30.2.